The van der Waals surface area contributed by atoms with Gasteiger partial charge in [0, 0.05) is 0 Å². The van der Waals surface area contributed by atoms with Gasteiger partial charge in [0.1, 0.15) is 0 Å². The molecule has 1 N–H and O–H groups in total. The van der Waals surface area contributed by atoms with Gasteiger partial charge in [-0.05, 0) is 12.1 Å². The van der Waals surface area contributed by atoms with Crippen molar-refractivity contribution < 1.29 is 19.5 Å². The molecule has 2 rings (SSSR count). The molecule has 0 saturated carbocycles. The largest absolute Gasteiger partial charge is 0.478 e. The Labute approximate surface area is 80.4 Å². The fourth-order valence-electron chi connectivity index (χ4n) is 1.24. The van der Waals surface area contributed by atoms with E-state index in [1.807, 2.05) is 6.07 Å². The number of carboxylic acid groups (broad SMARTS) is 1. The average Bonchev–Trinajstić information content (AvgIpc) is 2.67. The molecule has 0 bridgehead atoms. The zero-order valence-corrected chi connectivity index (χ0v) is 7.29. The predicted octanol–water partition coefficient (Wildman–Crippen LogP) is 0.823. The molecule has 0 radical (unpaired) electrons. The van der Waals surface area contributed by atoms with Gasteiger partial charge in [0.05, 0.1) is 5.69 Å². The van der Waals surface area contributed by atoms with Crippen LogP contribution in [0.5, 0.6) is 0 Å². The lowest BCUT2D eigenvalue weighted by Gasteiger charge is -2.18. The van der Waals surface area contributed by atoms with Crippen LogP contribution < -0.4 is 5.06 Å². The number of carboxylic acids is 1. The predicted molar refractivity (Wildman–Crippen MR) is 47.4 cm³/mol. The summed E-state index contributed by atoms with van der Waals surface area (Å²) in [6.45, 7) is -0.0359. The number of anilines is 1. The second-order valence-electron chi connectivity index (χ2n) is 2.77. The first kappa shape index (κ1) is 8.98. The Hall–Kier alpha value is -1.59. The first-order valence-electron chi connectivity index (χ1n) is 4.10. The lowest BCUT2D eigenvalue weighted by molar-refractivity contribution is -0.147. The van der Waals surface area contributed by atoms with Crippen LogP contribution in [0.15, 0.2) is 30.3 Å². The molecule has 0 unspecified atom stereocenters. The molecule has 5 nitrogen and oxygen atoms in total. The minimum Gasteiger partial charge on any atom is -0.478 e. The van der Waals surface area contributed by atoms with E-state index in [4.69, 9.17) is 14.7 Å². The normalized spacial score (nSPS) is 21.1. The van der Waals surface area contributed by atoms with Crippen molar-refractivity contribution in [2.75, 3.05) is 11.9 Å². The van der Waals surface area contributed by atoms with Crippen LogP contribution in [-0.2, 0) is 14.4 Å². The molecule has 1 aromatic rings. The first-order chi connectivity index (χ1) is 6.79. The van der Waals surface area contributed by atoms with E-state index >= 15 is 0 Å². The summed E-state index contributed by atoms with van der Waals surface area (Å²) >= 11 is 0. The second kappa shape index (κ2) is 3.65. The third kappa shape index (κ3) is 1.55. The van der Waals surface area contributed by atoms with Crippen LogP contribution in [-0.4, -0.2) is 24.1 Å². The van der Waals surface area contributed by atoms with Crippen molar-refractivity contribution in [3.05, 3.63) is 30.3 Å². The average molecular weight is 195 g/mol. The Balaban J connectivity index is 2.22. The number of para-hydroxylation sites is 1. The Morgan fingerprint density at radius 2 is 2.14 bits per heavy atom. The highest BCUT2D eigenvalue weighted by atomic mass is 16.8. The van der Waals surface area contributed by atoms with Crippen LogP contribution in [0.1, 0.15) is 0 Å². The van der Waals surface area contributed by atoms with E-state index in [1.165, 1.54) is 5.06 Å². The Bertz CT molecular complexity index is 327. The van der Waals surface area contributed by atoms with Crippen molar-refractivity contribution >= 4 is 11.7 Å². The monoisotopic (exact) mass is 195 g/mol. The number of rotatable bonds is 2. The topological polar surface area (TPSA) is 59.0 Å². The minimum atomic E-state index is -1.06. The molecule has 0 aliphatic carbocycles. The van der Waals surface area contributed by atoms with Gasteiger partial charge in [-0.3, -0.25) is 0 Å². The molecule has 0 spiro atoms. The third-order valence-corrected chi connectivity index (χ3v) is 1.85. The molecular weight excluding hydrogens is 186 g/mol. The van der Waals surface area contributed by atoms with Gasteiger partial charge in [-0.2, -0.15) is 0 Å². The van der Waals surface area contributed by atoms with Crippen molar-refractivity contribution in [3.63, 3.8) is 0 Å². The van der Waals surface area contributed by atoms with E-state index in [-0.39, 0.29) is 6.79 Å². The van der Waals surface area contributed by atoms with E-state index < -0.39 is 12.2 Å². The van der Waals surface area contributed by atoms with Gasteiger partial charge in [0.2, 0.25) is 0 Å². The number of hydroxylamine groups is 1. The fourth-order valence-corrected chi connectivity index (χ4v) is 1.24. The van der Waals surface area contributed by atoms with Crippen molar-refractivity contribution in [3.8, 4) is 0 Å². The maximum Gasteiger partial charge on any atom is 0.356 e. The summed E-state index contributed by atoms with van der Waals surface area (Å²) in [5.41, 5.74) is 0.664. The number of hydrogen-bond acceptors (Lipinski definition) is 4. The molecule has 1 aromatic carbocycles. The molecular formula is C9H9NO4. The highest BCUT2D eigenvalue weighted by Crippen LogP contribution is 2.21. The van der Waals surface area contributed by atoms with Gasteiger partial charge in [0.25, 0.3) is 6.23 Å². The molecule has 0 aromatic heterocycles. The maximum atomic E-state index is 10.7. The van der Waals surface area contributed by atoms with E-state index in [0.717, 1.165) is 0 Å². The van der Waals surface area contributed by atoms with Gasteiger partial charge >= 0.3 is 5.97 Å². The van der Waals surface area contributed by atoms with Crippen LogP contribution in [0, 0.1) is 0 Å². The lowest BCUT2D eigenvalue weighted by atomic mass is 10.3. The summed E-state index contributed by atoms with van der Waals surface area (Å²) in [6.07, 6.45) is -1.06. The van der Waals surface area contributed by atoms with Gasteiger partial charge < -0.3 is 9.84 Å². The highest BCUT2D eigenvalue weighted by Gasteiger charge is 2.33. The summed E-state index contributed by atoms with van der Waals surface area (Å²) in [5.74, 6) is -1.06. The number of benzene rings is 1. The summed E-state index contributed by atoms with van der Waals surface area (Å²) in [4.78, 5) is 15.8. The molecule has 1 fully saturated rings. The summed E-state index contributed by atoms with van der Waals surface area (Å²) < 4.78 is 4.89. The number of aliphatic carboxylic acids is 1. The molecule has 74 valence electrons. The quantitative estimate of drug-likeness (QED) is 0.757. The number of carbonyl (C=O) groups is 1. The minimum absolute atomic E-state index is 0.0359. The molecule has 14 heavy (non-hydrogen) atoms. The lowest BCUT2D eigenvalue weighted by Crippen LogP contribution is -2.35. The van der Waals surface area contributed by atoms with Crippen molar-refractivity contribution in [2.45, 2.75) is 6.23 Å². The van der Waals surface area contributed by atoms with Crippen molar-refractivity contribution in [1.82, 2.24) is 0 Å². The Morgan fingerprint density at radius 3 is 2.79 bits per heavy atom. The molecule has 1 saturated heterocycles. The summed E-state index contributed by atoms with van der Waals surface area (Å²) in [7, 11) is 0. The van der Waals surface area contributed by atoms with E-state index in [2.05, 4.69) is 0 Å². The smallest absolute Gasteiger partial charge is 0.356 e. The van der Waals surface area contributed by atoms with Gasteiger partial charge in [-0.1, -0.05) is 18.2 Å². The molecule has 1 aliphatic heterocycles. The van der Waals surface area contributed by atoms with E-state index in [9.17, 15) is 4.79 Å². The van der Waals surface area contributed by atoms with Crippen LogP contribution in [0.2, 0.25) is 0 Å². The number of nitrogens with zero attached hydrogens (tertiary/aromatic N) is 1. The zero-order chi connectivity index (χ0) is 9.97. The van der Waals surface area contributed by atoms with Crippen LogP contribution in [0.25, 0.3) is 0 Å². The van der Waals surface area contributed by atoms with Gasteiger partial charge in [-0.15, -0.1) is 0 Å². The van der Waals surface area contributed by atoms with Crippen LogP contribution in [0.4, 0.5) is 5.69 Å². The number of ether oxygens (including phenoxy) is 1. The van der Waals surface area contributed by atoms with E-state index in [1.54, 1.807) is 24.3 Å². The molecule has 0 amide bonds. The van der Waals surface area contributed by atoms with Crippen LogP contribution in [0.3, 0.4) is 0 Å². The molecule has 1 atom stereocenters. The van der Waals surface area contributed by atoms with Crippen molar-refractivity contribution in [1.29, 1.82) is 0 Å². The Morgan fingerprint density at radius 1 is 1.43 bits per heavy atom. The zero-order valence-electron chi connectivity index (χ0n) is 7.29. The van der Waals surface area contributed by atoms with Gasteiger partial charge in [-0.25, -0.2) is 14.7 Å². The molecule has 5 heteroatoms. The summed E-state index contributed by atoms with van der Waals surface area (Å²) in [6, 6.07) is 8.96. The number of hydrogen-bond donors (Lipinski definition) is 1. The third-order valence-electron chi connectivity index (χ3n) is 1.85. The maximum absolute atomic E-state index is 10.7. The molecule has 1 aliphatic rings. The highest BCUT2D eigenvalue weighted by molar-refractivity contribution is 5.76. The molecule has 1 heterocycles. The van der Waals surface area contributed by atoms with Crippen LogP contribution >= 0.6 is 0 Å². The van der Waals surface area contributed by atoms with E-state index in [0.29, 0.717) is 5.69 Å². The Kier molecular flexibility index (Phi) is 2.34. The fraction of sp³-hybridized carbons (Fsp3) is 0.222. The van der Waals surface area contributed by atoms with Gasteiger partial charge in [0.15, 0.2) is 6.79 Å². The first-order valence-corrected chi connectivity index (χ1v) is 4.10. The summed E-state index contributed by atoms with van der Waals surface area (Å²) in [5, 5.41) is 10.0. The second-order valence-corrected chi connectivity index (χ2v) is 2.77. The van der Waals surface area contributed by atoms with Crippen molar-refractivity contribution in [2.24, 2.45) is 0 Å². The SMILES string of the molecule is O=C(O)[C@@H]1OCON1c1ccccc1. The standard InChI is InChI=1S/C9H9NO4/c11-9(12)8-10(14-6-13-8)7-4-2-1-3-5-7/h1-5,8H,6H2,(H,11,12)/t8-/m0/s1.